The van der Waals surface area contributed by atoms with E-state index in [1.165, 1.54) is 0 Å². The number of amides is 1. The van der Waals surface area contributed by atoms with E-state index in [4.69, 9.17) is 0 Å². The quantitative estimate of drug-likeness (QED) is 0.755. The fourth-order valence-electron chi connectivity index (χ4n) is 3.58. The Kier molecular flexibility index (Phi) is 6.43. The van der Waals surface area contributed by atoms with E-state index in [9.17, 15) is 22.0 Å². The first-order valence-corrected chi connectivity index (χ1v) is 11.7. The molecule has 0 radical (unpaired) electrons. The molecule has 3 rings (SSSR count). The van der Waals surface area contributed by atoms with E-state index < -0.39 is 26.6 Å². The highest BCUT2D eigenvalue weighted by molar-refractivity contribution is 8.00. The summed E-state index contributed by atoms with van der Waals surface area (Å²) in [6.07, 6.45) is 1.81. The third-order valence-corrected chi connectivity index (χ3v) is 8.51. The third-order valence-electron chi connectivity index (χ3n) is 5.22. The molecule has 5 nitrogen and oxygen atoms in total. The van der Waals surface area contributed by atoms with E-state index in [1.807, 2.05) is 16.7 Å². The zero-order valence-electron chi connectivity index (χ0n) is 15.2. The van der Waals surface area contributed by atoms with E-state index in [0.717, 1.165) is 41.7 Å². The lowest BCUT2D eigenvalue weighted by Gasteiger charge is -2.37. The van der Waals surface area contributed by atoms with E-state index in [-0.39, 0.29) is 24.9 Å². The van der Waals surface area contributed by atoms with Crippen LogP contribution in [0.5, 0.6) is 0 Å². The Bertz CT molecular complexity index is 796. The second-order valence-electron chi connectivity index (χ2n) is 6.94. The van der Waals surface area contributed by atoms with Crippen molar-refractivity contribution in [2.24, 2.45) is 5.92 Å². The largest absolute Gasteiger partial charge is 0.341 e. The predicted molar refractivity (Wildman–Crippen MR) is 101 cm³/mol. The summed E-state index contributed by atoms with van der Waals surface area (Å²) in [5.41, 5.74) is 0. The lowest BCUT2D eigenvalue weighted by Crippen LogP contribution is -2.48. The number of hydrogen-bond acceptors (Lipinski definition) is 4. The average molecular weight is 419 g/mol. The smallest absolute Gasteiger partial charge is 0.246 e. The maximum absolute atomic E-state index is 13.9. The van der Waals surface area contributed by atoms with Crippen LogP contribution in [0.3, 0.4) is 0 Å². The summed E-state index contributed by atoms with van der Waals surface area (Å²) in [6, 6.07) is 2.41. The Morgan fingerprint density at radius 2 is 1.93 bits per heavy atom. The van der Waals surface area contributed by atoms with Gasteiger partial charge < -0.3 is 4.90 Å². The minimum absolute atomic E-state index is 0.0859. The van der Waals surface area contributed by atoms with Crippen molar-refractivity contribution in [2.75, 3.05) is 31.9 Å². The van der Waals surface area contributed by atoms with Crippen LogP contribution in [0, 0.1) is 17.6 Å². The number of hydrogen-bond donors (Lipinski definition) is 0. The molecule has 27 heavy (non-hydrogen) atoms. The summed E-state index contributed by atoms with van der Waals surface area (Å²) in [6.45, 7) is 3.85. The third kappa shape index (κ3) is 4.46. The molecule has 0 N–H and O–H groups in total. The Balaban J connectivity index is 1.64. The maximum Gasteiger partial charge on any atom is 0.246 e. The average Bonchev–Trinajstić information content (AvgIpc) is 2.69. The van der Waals surface area contributed by atoms with Crippen LogP contribution in [0.2, 0.25) is 0 Å². The summed E-state index contributed by atoms with van der Waals surface area (Å²) in [5, 5.41) is 0.458. The zero-order chi connectivity index (χ0) is 19.6. The summed E-state index contributed by atoms with van der Waals surface area (Å²) in [5.74, 6) is -0.965. The highest BCUT2D eigenvalue weighted by Gasteiger charge is 2.36. The van der Waals surface area contributed by atoms with Crippen molar-refractivity contribution in [1.29, 1.82) is 0 Å². The van der Waals surface area contributed by atoms with Crippen LogP contribution in [0.1, 0.15) is 26.2 Å². The van der Waals surface area contributed by atoms with Gasteiger partial charge >= 0.3 is 0 Å². The number of thioether (sulfide) groups is 1. The topological polar surface area (TPSA) is 57.7 Å². The zero-order valence-corrected chi connectivity index (χ0v) is 16.9. The monoisotopic (exact) mass is 418 g/mol. The summed E-state index contributed by atoms with van der Waals surface area (Å²) >= 11 is 1.89. The molecule has 2 saturated heterocycles. The number of halogens is 2. The Morgan fingerprint density at radius 3 is 2.59 bits per heavy atom. The van der Waals surface area contributed by atoms with Crippen molar-refractivity contribution in [3.63, 3.8) is 0 Å². The van der Waals surface area contributed by atoms with Gasteiger partial charge in [-0.25, -0.2) is 17.2 Å². The molecule has 1 atom stereocenters. The first-order valence-electron chi connectivity index (χ1n) is 9.18. The number of nitrogens with zero attached hydrogens (tertiary/aromatic N) is 2. The highest BCUT2D eigenvalue weighted by Crippen LogP contribution is 2.28. The minimum Gasteiger partial charge on any atom is -0.341 e. The summed E-state index contributed by atoms with van der Waals surface area (Å²) < 4.78 is 53.7. The number of carbonyl (C=O) groups is 1. The number of sulfonamides is 1. The molecule has 2 heterocycles. The van der Waals surface area contributed by atoms with E-state index >= 15 is 0 Å². The molecule has 0 bridgehead atoms. The van der Waals surface area contributed by atoms with Crippen LogP contribution in [0.15, 0.2) is 23.1 Å². The van der Waals surface area contributed by atoms with E-state index in [2.05, 4.69) is 6.92 Å². The first kappa shape index (κ1) is 20.5. The van der Waals surface area contributed by atoms with Crippen molar-refractivity contribution in [3.05, 3.63) is 29.8 Å². The van der Waals surface area contributed by atoms with Crippen LogP contribution in [0.25, 0.3) is 0 Å². The molecule has 1 aromatic carbocycles. The Labute approximate surface area is 163 Å². The van der Waals surface area contributed by atoms with Gasteiger partial charge in [-0.15, -0.1) is 0 Å². The standard InChI is InChI=1S/C18H24F2N2O3S2/c1-2-15-12-21(9-10-26-15)18(23)13-5-7-22(8-6-13)27(24,25)17-11-14(19)3-4-16(17)20/h3-4,11,13,15H,2,5-10,12H2,1H3. The number of rotatable bonds is 4. The highest BCUT2D eigenvalue weighted by atomic mass is 32.2. The molecule has 1 aromatic rings. The molecule has 0 aromatic heterocycles. The molecule has 2 aliphatic rings. The molecule has 1 unspecified atom stereocenters. The molecule has 2 aliphatic heterocycles. The second kappa shape index (κ2) is 8.45. The normalized spacial score (nSPS) is 22.8. The van der Waals surface area contributed by atoms with Gasteiger partial charge in [0.1, 0.15) is 16.5 Å². The van der Waals surface area contributed by atoms with Gasteiger partial charge in [0.25, 0.3) is 0 Å². The van der Waals surface area contributed by atoms with Crippen LogP contribution in [-0.2, 0) is 14.8 Å². The van der Waals surface area contributed by atoms with Crippen molar-refractivity contribution in [3.8, 4) is 0 Å². The maximum atomic E-state index is 13.9. The van der Waals surface area contributed by atoms with Gasteiger partial charge in [0, 0.05) is 43.1 Å². The van der Waals surface area contributed by atoms with Crippen molar-refractivity contribution < 1.29 is 22.0 Å². The van der Waals surface area contributed by atoms with Crippen molar-refractivity contribution in [1.82, 2.24) is 9.21 Å². The van der Waals surface area contributed by atoms with Crippen LogP contribution < -0.4 is 0 Å². The predicted octanol–water partition coefficient (Wildman–Crippen LogP) is 2.72. The fraction of sp³-hybridized carbons (Fsp3) is 0.611. The first-order chi connectivity index (χ1) is 12.8. The molecule has 1 amide bonds. The Hall–Kier alpha value is -1.19. The molecule has 150 valence electrons. The van der Waals surface area contributed by atoms with E-state index in [1.54, 1.807) is 0 Å². The summed E-state index contributed by atoms with van der Waals surface area (Å²) in [4.78, 5) is 14.0. The SMILES string of the molecule is CCC1CN(C(=O)C2CCN(S(=O)(=O)c3cc(F)ccc3F)CC2)CCS1. The molecular weight excluding hydrogens is 394 g/mol. The fourth-order valence-corrected chi connectivity index (χ4v) is 6.31. The summed E-state index contributed by atoms with van der Waals surface area (Å²) in [7, 11) is -4.11. The van der Waals surface area contributed by atoms with E-state index in [0.29, 0.717) is 24.2 Å². The van der Waals surface area contributed by atoms with Gasteiger partial charge in [0.05, 0.1) is 0 Å². The van der Waals surface area contributed by atoms with Gasteiger partial charge in [0.2, 0.25) is 15.9 Å². The molecule has 9 heteroatoms. The molecule has 0 saturated carbocycles. The minimum atomic E-state index is -4.11. The molecular formula is C18H24F2N2O3S2. The molecule has 2 fully saturated rings. The van der Waals surface area contributed by atoms with Gasteiger partial charge in [-0.2, -0.15) is 16.1 Å². The molecule has 0 aliphatic carbocycles. The van der Waals surface area contributed by atoms with Gasteiger partial charge in [-0.1, -0.05) is 6.92 Å². The van der Waals surface area contributed by atoms with Crippen molar-refractivity contribution >= 4 is 27.7 Å². The lowest BCUT2D eigenvalue weighted by atomic mass is 9.96. The lowest BCUT2D eigenvalue weighted by molar-refractivity contribution is -0.136. The van der Waals surface area contributed by atoms with Gasteiger partial charge in [-0.3, -0.25) is 4.79 Å². The van der Waals surface area contributed by atoms with Crippen LogP contribution in [-0.4, -0.2) is 60.7 Å². The second-order valence-corrected chi connectivity index (χ2v) is 10.3. The number of carbonyl (C=O) groups excluding carboxylic acids is 1. The van der Waals surface area contributed by atoms with Gasteiger partial charge in [0.15, 0.2) is 0 Å². The Morgan fingerprint density at radius 1 is 1.22 bits per heavy atom. The van der Waals surface area contributed by atoms with Crippen LogP contribution >= 0.6 is 11.8 Å². The van der Waals surface area contributed by atoms with Gasteiger partial charge in [-0.05, 0) is 37.5 Å². The molecule has 0 spiro atoms. The number of benzene rings is 1. The van der Waals surface area contributed by atoms with Crippen LogP contribution in [0.4, 0.5) is 8.78 Å². The number of piperidine rings is 1. The van der Waals surface area contributed by atoms with Crippen molar-refractivity contribution in [2.45, 2.75) is 36.3 Å².